The van der Waals surface area contributed by atoms with Crippen molar-refractivity contribution in [2.24, 2.45) is 0 Å². The van der Waals surface area contributed by atoms with Gasteiger partial charge in [-0.25, -0.2) is 4.98 Å². The summed E-state index contributed by atoms with van der Waals surface area (Å²) in [7, 11) is 0. The largest absolute Gasteiger partial charge is 0.464 e. The fraction of sp³-hybridized carbons (Fsp3) is 0.350. The topological polar surface area (TPSA) is 71.5 Å². The Kier molecular flexibility index (Phi) is 4.68. The molecule has 0 saturated heterocycles. The van der Waals surface area contributed by atoms with Gasteiger partial charge in [0, 0.05) is 18.8 Å². The number of hydrogen-bond acceptors (Lipinski definition) is 4. The first-order valence-corrected chi connectivity index (χ1v) is 8.64. The number of aromatic nitrogens is 1. The Bertz CT molecular complexity index is 832. The summed E-state index contributed by atoms with van der Waals surface area (Å²) in [6.45, 7) is 7.60. The summed E-state index contributed by atoms with van der Waals surface area (Å²) < 4.78 is 5.82. The molecule has 2 aromatic rings. The third-order valence-electron chi connectivity index (χ3n) is 4.44. The summed E-state index contributed by atoms with van der Waals surface area (Å²) in [6.07, 6.45) is 1.60. The number of ether oxygens (including phenoxy) is 1. The lowest BCUT2D eigenvalue weighted by Gasteiger charge is -2.40. The molecular weight excluding hydrogens is 330 g/mol. The molecule has 1 aromatic carbocycles. The van der Waals surface area contributed by atoms with E-state index in [0.29, 0.717) is 18.1 Å². The van der Waals surface area contributed by atoms with Gasteiger partial charge in [-0.05, 0) is 45.4 Å². The highest BCUT2D eigenvalue weighted by molar-refractivity contribution is 6.16. The zero-order chi connectivity index (χ0) is 18.9. The van der Waals surface area contributed by atoms with Crippen molar-refractivity contribution < 1.29 is 14.3 Å². The van der Waals surface area contributed by atoms with Crippen LogP contribution < -0.4 is 15.0 Å². The molecule has 0 unspecified atom stereocenters. The molecule has 6 nitrogen and oxygen atoms in total. The first-order chi connectivity index (χ1) is 12.3. The second-order valence-corrected chi connectivity index (χ2v) is 6.90. The molecule has 6 heteroatoms. The molecule has 26 heavy (non-hydrogen) atoms. The standard InChI is InChI=1S/C20H23N3O3/c1-13(2)23-17-16(6-5-11-21-17)26-20(4,19(23)25)18(24)22-12-15-9-7-14(3)8-10-15/h5-11,13H,12H2,1-4H3,(H,22,24)/t20-/m0/s1. The Hall–Kier alpha value is -2.89. The monoisotopic (exact) mass is 353 g/mol. The lowest BCUT2D eigenvalue weighted by molar-refractivity contribution is -0.148. The minimum Gasteiger partial charge on any atom is -0.464 e. The van der Waals surface area contributed by atoms with Gasteiger partial charge in [0.2, 0.25) is 0 Å². The fourth-order valence-electron chi connectivity index (χ4n) is 2.91. The average molecular weight is 353 g/mol. The molecule has 1 aliphatic heterocycles. The van der Waals surface area contributed by atoms with Gasteiger partial charge in [0.25, 0.3) is 17.4 Å². The molecule has 1 N–H and O–H groups in total. The first-order valence-electron chi connectivity index (χ1n) is 8.64. The number of nitrogens with zero attached hydrogens (tertiary/aromatic N) is 2. The SMILES string of the molecule is Cc1ccc(CNC(=O)[C@]2(C)Oc3cccnc3N(C(C)C)C2=O)cc1. The van der Waals surface area contributed by atoms with Crippen molar-refractivity contribution in [3.05, 3.63) is 53.7 Å². The van der Waals surface area contributed by atoms with Gasteiger partial charge in [0.15, 0.2) is 11.6 Å². The molecule has 136 valence electrons. The van der Waals surface area contributed by atoms with Gasteiger partial charge in [-0.3, -0.25) is 14.5 Å². The summed E-state index contributed by atoms with van der Waals surface area (Å²) in [6, 6.07) is 11.1. The predicted molar refractivity (Wildman–Crippen MR) is 98.9 cm³/mol. The average Bonchev–Trinajstić information content (AvgIpc) is 2.61. The molecule has 0 aliphatic carbocycles. The van der Waals surface area contributed by atoms with Crippen LogP contribution in [-0.4, -0.2) is 28.4 Å². The van der Waals surface area contributed by atoms with Crippen LogP contribution in [-0.2, 0) is 16.1 Å². The van der Waals surface area contributed by atoms with E-state index in [1.54, 1.807) is 18.3 Å². The molecule has 0 fully saturated rings. The Morgan fingerprint density at radius 1 is 1.27 bits per heavy atom. The number of amides is 2. The maximum Gasteiger partial charge on any atom is 0.282 e. The van der Waals surface area contributed by atoms with E-state index in [1.165, 1.54) is 11.8 Å². The van der Waals surface area contributed by atoms with Crippen LogP contribution in [0.4, 0.5) is 5.82 Å². The Morgan fingerprint density at radius 3 is 2.62 bits per heavy atom. The molecule has 0 spiro atoms. The number of rotatable bonds is 4. The Morgan fingerprint density at radius 2 is 1.96 bits per heavy atom. The van der Waals surface area contributed by atoms with E-state index >= 15 is 0 Å². The lowest BCUT2D eigenvalue weighted by atomic mass is 9.99. The molecule has 0 radical (unpaired) electrons. The highest BCUT2D eigenvalue weighted by Gasteiger charge is 2.51. The molecular formula is C20H23N3O3. The van der Waals surface area contributed by atoms with Gasteiger partial charge in [-0.15, -0.1) is 0 Å². The van der Waals surface area contributed by atoms with Crippen molar-refractivity contribution >= 4 is 17.6 Å². The first kappa shape index (κ1) is 17.9. The molecule has 3 rings (SSSR count). The predicted octanol–water partition coefficient (Wildman–Crippen LogP) is 2.60. The Labute approximate surface area is 153 Å². The van der Waals surface area contributed by atoms with Gasteiger partial charge >= 0.3 is 0 Å². The van der Waals surface area contributed by atoms with E-state index in [9.17, 15) is 9.59 Å². The van der Waals surface area contributed by atoms with E-state index < -0.39 is 17.4 Å². The van der Waals surface area contributed by atoms with Crippen LogP contribution in [0.5, 0.6) is 5.75 Å². The lowest BCUT2D eigenvalue weighted by Crippen LogP contribution is -2.63. The van der Waals surface area contributed by atoms with Crippen molar-refractivity contribution in [1.29, 1.82) is 0 Å². The summed E-state index contributed by atoms with van der Waals surface area (Å²) in [5, 5.41) is 2.82. The summed E-state index contributed by atoms with van der Waals surface area (Å²) in [5.74, 6) is -0.0200. The van der Waals surface area contributed by atoms with Crippen LogP contribution in [0.15, 0.2) is 42.6 Å². The summed E-state index contributed by atoms with van der Waals surface area (Å²) in [4.78, 5) is 31.7. The van der Waals surface area contributed by atoms with Crippen molar-refractivity contribution in [1.82, 2.24) is 10.3 Å². The molecule has 0 bridgehead atoms. The van der Waals surface area contributed by atoms with E-state index in [1.807, 2.05) is 45.0 Å². The minimum absolute atomic E-state index is 0.149. The number of anilines is 1. The van der Waals surface area contributed by atoms with Crippen molar-refractivity contribution in [3.8, 4) is 5.75 Å². The zero-order valence-electron chi connectivity index (χ0n) is 15.4. The normalized spacial score (nSPS) is 19.1. The van der Waals surface area contributed by atoms with E-state index in [4.69, 9.17) is 4.74 Å². The van der Waals surface area contributed by atoms with Crippen LogP contribution >= 0.6 is 0 Å². The minimum atomic E-state index is -1.63. The third kappa shape index (κ3) is 3.14. The third-order valence-corrected chi connectivity index (χ3v) is 4.44. The Balaban J connectivity index is 1.84. The maximum atomic E-state index is 13.0. The number of nitrogens with one attached hydrogen (secondary N) is 1. The fourth-order valence-corrected chi connectivity index (χ4v) is 2.91. The maximum absolute atomic E-state index is 13.0. The van der Waals surface area contributed by atoms with Crippen LogP contribution in [0.1, 0.15) is 31.9 Å². The molecule has 0 saturated carbocycles. The van der Waals surface area contributed by atoms with E-state index in [0.717, 1.165) is 11.1 Å². The molecule has 1 aliphatic rings. The number of benzene rings is 1. The molecule has 2 amide bonds. The number of pyridine rings is 1. The van der Waals surface area contributed by atoms with Crippen molar-refractivity contribution in [3.63, 3.8) is 0 Å². The van der Waals surface area contributed by atoms with Gasteiger partial charge in [0.1, 0.15) is 0 Å². The summed E-state index contributed by atoms with van der Waals surface area (Å²) >= 11 is 0. The van der Waals surface area contributed by atoms with Crippen LogP contribution in [0.2, 0.25) is 0 Å². The van der Waals surface area contributed by atoms with Gasteiger partial charge in [0.05, 0.1) is 0 Å². The number of carbonyl (C=O) groups is 2. The highest BCUT2D eigenvalue weighted by Crippen LogP contribution is 2.37. The number of aryl methyl sites for hydroxylation is 1. The van der Waals surface area contributed by atoms with Gasteiger partial charge in [-0.1, -0.05) is 29.8 Å². The highest BCUT2D eigenvalue weighted by atomic mass is 16.5. The number of carbonyl (C=O) groups excluding carboxylic acids is 2. The van der Waals surface area contributed by atoms with Crippen molar-refractivity contribution in [2.75, 3.05) is 4.90 Å². The number of fused-ring (bicyclic) bond motifs is 1. The quantitative estimate of drug-likeness (QED) is 0.858. The molecule has 1 atom stereocenters. The zero-order valence-corrected chi connectivity index (χ0v) is 15.4. The number of hydrogen-bond donors (Lipinski definition) is 1. The second kappa shape index (κ2) is 6.78. The van der Waals surface area contributed by atoms with Crippen molar-refractivity contribution in [2.45, 2.75) is 45.9 Å². The van der Waals surface area contributed by atoms with Gasteiger partial charge in [-0.2, -0.15) is 0 Å². The second-order valence-electron chi connectivity index (χ2n) is 6.90. The van der Waals surface area contributed by atoms with E-state index in [-0.39, 0.29) is 6.04 Å². The van der Waals surface area contributed by atoms with Crippen LogP contribution in [0.25, 0.3) is 0 Å². The van der Waals surface area contributed by atoms with Crippen LogP contribution in [0, 0.1) is 6.92 Å². The van der Waals surface area contributed by atoms with E-state index in [2.05, 4.69) is 10.3 Å². The summed E-state index contributed by atoms with van der Waals surface area (Å²) in [5.41, 5.74) is 0.471. The van der Waals surface area contributed by atoms with Crippen LogP contribution in [0.3, 0.4) is 0 Å². The van der Waals surface area contributed by atoms with Gasteiger partial charge < -0.3 is 10.1 Å². The molecule has 1 aromatic heterocycles. The smallest absolute Gasteiger partial charge is 0.282 e. The molecule has 2 heterocycles.